The van der Waals surface area contributed by atoms with Gasteiger partial charge in [0.25, 0.3) is 0 Å². The van der Waals surface area contributed by atoms with Crippen LogP contribution in [0.5, 0.6) is 0 Å². The highest BCUT2D eigenvalue weighted by atomic mass is 19.1. The number of nitrogens with two attached hydrogens (primary N) is 1. The van der Waals surface area contributed by atoms with Crippen LogP contribution in [0.1, 0.15) is 39.0 Å². The van der Waals surface area contributed by atoms with Gasteiger partial charge >= 0.3 is 0 Å². The molecule has 2 aliphatic rings. The molecule has 3 unspecified atom stereocenters. The Labute approximate surface area is 105 Å². The summed E-state index contributed by atoms with van der Waals surface area (Å²) in [6.07, 6.45) is 4.08. The van der Waals surface area contributed by atoms with E-state index >= 15 is 0 Å². The van der Waals surface area contributed by atoms with Crippen molar-refractivity contribution in [2.24, 2.45) is 5.73 Å². The molecule has 1 saturated heterocycles. The number of nitrogens with zero attached hydrogens (tertiary/aromatic N) is 1. The van der Waals surface area contributed by atoms with Gasteiger partial charge in [-0.15, -0.1) is 0 Å². The van der Waals surface area contributed by atoms with Crippen molar-refractivity contribution in [2.75, 3.05) is 13.1 Å². The van der Waals surface area contributed by atoms with Gasteiger partial charge in [-0.1, -0.05) is 0 Å². The van der Waals surface area contributed by atoms with Crippen molar-refractivity contribution < 1.29 is 4.39 Å². The summed E-state index contributed by atoms with van der Waals surface area (Å²) in [5.74, 6) is 0. The Kier molecular flexibility index (Phi) is 4.11. The summed E-state index contributed by atoms with van der Waals surface area (Å²) in [7, 11) is 5.58. The average Bonchev–Trinajstić information content (AvgIpc) is 2.64. The predicted octanol–water partition coefficient (Wildman–Crippen LogP) is 0.732. The van der Waals surface area contributed by atoms with Crippen molar-refractivity contribution >= 4 is 7.85 Å². The number of hydrogen-bond donors (Lipinski definition) is 2. The molecular weight excluding hydrogens is 216 g/mol. The molecule has 1 heterocycles. The highest BCUT2D eigenvalue weighted by Gasteiger charge is 2.33. The van der Waals surface area contributed by atoms with Gasteiger partial charge in [0.15, 0.2) is 0 Å². The predicted molar refractivity (Wildman–Crippen MR) is 68.6 cm³/mol. The van der Waals surface area contributed by atoms with Gasteiger partial charge in [-0.2, -0.15) is 0 Å². The Morgan fingerprint density at radius 2 is 2.24 bits per heavy atom. The van der Waals surface area contributed by atoms with Gasteiger partial charge in [0.2, 0.25) is 0 Å². The smallest absolute Gasteiger partial charge is 0.121 e. The van der Waals surface area contributed by atoms with E-state index in [9.17, 15) is 4.39 Å². The molecule has 0 spiro atoms. The van der Waals surface area contributed by atoms with E-state index in [2.05, 4.69) is 10.2 Å². The summed E-state index contributed by atoms with van der Waals surface area (Å²) >= 11 is 0. The van der Waals surface area contributed by atoms with E-state index in [1.165, 1.54) is 0 Å². The van der Waals surface area contributed by atoms with Crippen LogP contribution in [0.4, 0.5) is 4.39 Å². The summed E-state index contributed by atoms with van der Waals surface area (Å²) in [6, 6.07) is 0.677. The number of nitrogens with one attached hydrogen (secondary N) is 1. The van der Waals surface area contributed by atoms with E-state index in [1.807, 2.05) is 6.92 Å². The lowest BCUT2D eigenvalue weighted by Crippen LogP contribution is -2.47. The molecule has 2 rings (SSSR count). The van der Waals surface area contributed by atoms with E-state index in [-0.39, 0.29) is 12.2 Å². The van der Waals surface area contributed by atoms with Gasteiger partial charge in [0.05, 0.1) is 11.7 Å². The first-order chi connectivity index (χ1) is 7.96. The normalized spacial score (nSPS) is 41.6. The van der Waals surface area contributed by atoms with Gasteiger partial charge in [-0.25, -0.2) is 0 Å². The van der Waals surface area contributed by atoms with Gasteiger partial charge < -0.3 is 11.1 Å². The molecule has 1 aliphatic heterocycles. The summed E-state index contributed by atoms with van der Waals surface area (Å²) < 4.78 is 13.7. The van der Waals surface area contributed by atoms with Crippen LogP contribution in [0, 0.1) is 0 Å². The minimum atomic E-state index is -1.46. The van der Waals surface area contributed by atoms with Crippen LogP contribution in [0.3, 0.4) is 0 Å². The highest BCUT2D eigenvalue weighted by Crippen LogP contribution is 2.29. The van der Waals surface area contributed by atoms with E-state index in [1.54, 1.807) is 0 Å². The topological polar surface area (TPSA) is 41.3 Å². The van der Waals surface area contributed by atoms with Crippen molar-refractivity contribution in [3.05, 3.63) is 0 Å². The fraction of sp³-hybridized carbons (Fsp3) is 1.00. The second kappa shape index (κ2) is 5.25. The van der Waals surface area contributed by atoms with Gasteiger partial charge in [0.1, 0.15) is 7.85 Å². The first-order valence-corrected chi connectivity index (χ1v) is 6.70. The summed E-state index contributed by atoms with van der Waals surface area (Å²) in [5.41, 5.74) is 4.39. The van der Waals surface area contributed by atoms with Crippen LogP contribution < -0.4 is 11.1 Å². The summed E-state index contributed by atoms with van der Waals surface area (Å²) in [6.45, 7) is 4.01. The average molecular weight is 239 g/mol. The van der Waals surface area contributed by atoms with E-state index in [0.29, 0.717) is 18.9 Å². The Morgan fingerprint density at radius 3 is 2.82 bits per heavy atom. The number of likely N-dealkylation sites (tertiary alicyclic amines) is 1. The number of hydrogen-bond acceptors (Lipinski definition) is 3. The molecule has 2 fully saturated rings. The first-order valence-electron chi connectivity index (χ1n) is 6.70. The molecule has 1 saturated carbocycles. The second-order valence-electron chi connectivity index (χ2n) is 5.72. The molecule has 1 aliphatic carbocycles. The maximum Gasteiger partial charge on any atom is 0.121 e. The zero-order valence-corrected chi connectivity index (χ0v) is 10.7. The minimum absolute atomic E-state index is 0.114. The second-order valence-corrected chi connectivity index (χ2v) is 5.72. The monoisotopic (exact) mass is 239 g/mol. The Balaban J connectivity index is 1.78. The fourth-order valence-electron chi connectivity index (χ4n) is 3.02. The standard InChI is InChI=1S/C12H23BFN3/c1-9(15)17-6-4-11(8-17)16-10-3-2-5-12(13,14)7-10/h9-11,16H,2-8,15H2,1H3/t9?,10?,11-,12?/m0/s1. The molecule has 2 radical (unpaired) electrons. The Hall–Kier alpha value is -0.125. The molecule has 4 atom stereocenters. The molecule has 0 aromatic heterocycles. The molecule has 0 aromatic rings. The molecule has 0 amide bonds. The summed E-state index contributed by atoms with van der Waals surface area (Å²) in [4.78, 5) is 2.26. The van der Waals surface area contributed by atoms with E-state index in [4.69, 9.17) is 13.6 Å². The molecule has 5 heteroatoms. The van der Waals surface area contributed by atoms with Crippen molar-refractivity contribution in [2.45, 2.75) is 62.8 Å². The van der Waals surface area contributed by atoms with Gasteiger partial charge in [-0.05, 0) is 39.0 Å². The lowest BCUT2D eigenvalue weighted by Gasteiger charge is -2.34. The van der Waals surface area contributed by atoms with Crippen molar-refractivity contribution in [1.29, 1.82) is 0 Å². The molecule has 17 heavy (non-hydrogen) atoms. The minimum Gasteiger partial charge on any atom is -0.316 e. The third-order valence-electron chi connectivity index (χ3n) is 4.00. The van der Waals surface area contributed by atoms with Gasteiger partial charge in [-0.3, -0.25) is 9.29 Å². The molecular formula is C12H23BFN3. The third-order valence-corrected chi connectivity index (χ3v) is 4.00. The Morgan fingerprint density at radius 1 is 1.47 bits per heavy atom. The molecule has 0 bridgehead atoms. The number of halogens is 1. The molecule has 96 valence electrons. The van der Waals surface area contributed by atoms with Crippen LogP contribution in [0.25, 0.3) is 0 Å². The maximum absolute atomic E-state index is 13.7. The third kappa shape index (κ3) is 3.67. The first kappa shape index (κ1) is 13.3. The zero-order chi connectivity index (χ0) is 12.5. The molecule has 3 nitrogen and oxygen atoms in total. The number of rotatable bonds is 3. The van der Waals surface area contributed by atoms with Crippen molar-refractivity contribution in [1.82, 2.24) is 10.2 Å². The van der Waals surface area contributed by atoms with Crippen LogP contribution in [0.2, 0.25) is 0 Å². The van der Waals surface area contributed by atoms with E-state index < -0.39 is 5.57 Å². The van der Waals surface area contributed by atoms with Crippen LogP contribution in [-0.4, -0.2) is 49.7 Å². The van der Waals surface area contributed by atoms with Crippen LogP contribution in [-0.2, 0) is 0 Å². The number of alkyl halides is 1. The van der Waals surface area contributed by atoms with Crippen LogP contribution >= 0.6 is 0 Å². The maximum atomic E-state index is 13.7. The Bertz CT molecular complexity index is 260. The van der Waals surface area contributed by atoms with Crippen LogP contribution in [0.15, 0.2) is 0 Å². The molecule has 3 N–H and O–H groups in total. The quantitative estimate of drug-likeness (QED) is 0.713. The largest absolute Gasteiger partial charge is 0.316 e. The lowest BCUT2D eigenvalue weighted by atomic mass is 9.70. The summed E-state index contributed by atoms with van der Waals surface area (Å²) in [5, 5.41) is 3.54. The van der Waals surface area contributed by atoms with Crippen molar-refractivity contribution in [3.8, 4) is 0 Å². The SMILES string of the molecule is [B]C1(F)CCCC(N[C@H]2CCN(C(C)N)C2)C1. The van der Waals surface area contributed by atoms with Crippen molar-refractivity contribution in [3.63, 3.8) is 0 Å². The van der Waals surface area contributed by atoms with E-state index in [0.717, 1.165) is 32.4 Å². The zero-order valence-electron chi connectivity index (χ0n) is 10.7. The molecule has 0 aromatic carbocycles. The highest BCUT2D eigenvalue weighted by molar-refractivity contribution is 6.14. The lowest BCUT2D eigenvalue weighted by molar-refractivity contribution is 0.164. The fourth-order valence-corrected chi connectivity index (χ4v) is 3.02. The van der Waals surface area contributed by atoms with Gasteiger partial charge in [0, 0.05) is 25.2 Å².